The molecule has 1 aromatic carbocycles. The van der Waals surface area contributed by atoms with E-state index in [1.54, 1.807) is 7.11 Å². The van der Waals surface area contributed by atoms with Gasteiger partial charge in [0.2, 0.25) is 0 Å². The Kier molecular flexibility index (Phi) is 2.58. The minimum atomic E-state index is 0.456. The summed E-state index contributed by atoms with van der Waals surface area (Å²) in [5.74, 6) is 1.39. The van der Waals surface area contributed by atoms with Crippen molar-refractivity contribution in [2.45, 2.75) is 19.8 Å². The normalized spacial score (nSPS) is 10.9. The second-order valence-electron chi connectivity index (χ2n) is 3.94. The topological polar surface area (TPSA) is 22.1 Å². The van der Waals surface area contributed by atoms with Crippen LogP contribution in [0.5, 0.6) is 5.75 Å². The van der Waals surface area contributed by atoms with Crippen LogP contribution in [0.1, 0.15) is 25.3 Å². The average molecular weight is 201 g/mol. The maximum Gasteiger partial charge on any atom is 0.127 e. The standard InChI is InChI=1S/C13H15NO/c1-9(2)11-8-14-7-10-5-4-6-12(15-3)13(10)11/h4-9H,1-3H3. The van der Waals surface area contributed by atoms with Gasteiger partial charge in [0.15, 0.2) is 0 Å². The van der Waals surface area contributed by atoms with Gasteiger partial charge < -0.3 is 4.74 Å². The van der Waals surface area contributed by atoms with E-state index in [0.717, 1.165) is 11.1 Å². The van der Waals surface area contributed by atoms with Crippen molar-refractivity contribution in [1.82, 2.24) is 4.98 Å². The maximum atomic E-state index is 5.39. The molecule has 2 aromatic rings. The van der Waals surface area contributed by atoms with E-state index in [2.05, 4.69) is 24.9 Å². The van der Waals surface area contributed by atoms with Crippen molar-refractivity contribution in [1.29, 1.82) is 0 Å². The fourth-order valence-corrected chi connectivity index (χ4v) is 1.83. The monoisotopic (exact) mass is 201 g/mol. The van der Waals surface area contributed by atoms with E-state index < -0.39 is 0 Å². The van der Waals surface area contributed by atoms with Crippen LogP contribution in [0.25, 0.3) is 10.8 Å². The van der Waals surface area contributed by atoms with Gasteiger partial charge in [0.05, 0.1) is 7.11 Å². The molecule has 0 saturated heterocycles. The molecule has 78 valence electrons. The van der Waals surface area contributed by atoms with Crippen LogP contribution in [0, 0.1) is 0 Å². The predicted molar refractivity (Wildman–Crippen MR) is 62.4 cm³/mol. The second-order valence-corrected chi connectivity index (χ2v) is 3.94. The van der Waals surface area contributed by atoms with Gasteiger partial charge in [0.1, 0.15) is 5.75 Å². The Hall–Kier alpha value is -1.57. The highest BCUT2D eigenvalue weighted by atomic mass is 16.5. The van der Waals surface area contributed by atoms with Crippen molar-refractivity contribution in [2.75, 3.05) is 7.11 Å². The van der Waals surface area contributed by atoms with Gasteiger partial charge in [0, 0.05) is 23.2 Å². The van der Waals surface area contributed by atoms with E-state index in [1.165, 1.54) is 10.9 Å². The van der Waals surface area contributed by atoms with Crippen molar-refractivity contribution in [3.63, 3.8) is 0 Å². The minimum absolute atomic E-state index is 0.456. The summed E-state index contributed by atoms with van der Waals surface area (Å²) in [5.41, 5.74) is 1.24. The SMILES string of the molecule is COc1cccc2cncc(C(C)C)c12. The van der Waals surface area contributed by atoms with Gasteiger partial charge in [-0.1, -0.05) is 26.0 Å². The van der Waals surface area contributed by atoms with Crippen molar-refractivity contribution in [2.24, 2.45) is 0 Å². The molecule has 1 aromatic heterocycles. The van der Waals surface area contributed by atoms with E-state index in [9.17, 15) is 0 Å². The number of methoxy groups -OCH3 is 1. The Balaban J connectivity index is 2.81. The fourth-order valence-electron chi connectivity index (χ4n) is 1.83. The molecule has 0 spiro atoms. The molecule has 0 atom stereocenters. The second kappa shape index (κ2) is 3.89. The summed E-state index contributed by atoms with van der Waals surface area (Å²) in [4.78, 5) is 4.25. The quantitative estimate of drug-likeness (QED) is 0.743. The van der Waals surface area contributed by atoms with Crippen LogP contribution in [0.4, 0.5) is 0 Å². The first kappa shape index (κ1) is 9.97. The lowest BCUT2D eigenvalue weighted by Crippen LogP contribution is -1.94. The summed E-state index contributed by atoms with van der Waals surface area (Å²) < 4.78 is 5.39. The van der Waals surface area contributed by atoms with Gasteiger partial charge >= 0.3 is 0 Å². The van der Waals surface area contributed by atoms with Crippen LogP contribution in [0.2, 0.25) is 0 Å². The number of hydrogen-bond donors (Lipinski definition) is 0. The molecule has 2 rings (SSSR count). The third-order valence-corrected chi connectivity index (χ3v) is 2.62. The number of nitrogens with zero attached hydrogens (tertiary/aromatic N) is 1. The first-order chi connectivity index (χ1) is 7.24. The van der Waals surface area contributed by atoms with Gasteiger partial charge in [-0.05, 0) is 17.5 Å². The number of aromatic nitrogens is 1. The number of pyridine rings is 1. The Morgan fingerprint density at radius 3 is 2.67 bits per heavy atom. The van der Waals surface area contributed by atoms with Crippen LogP contribution in [-0.2, 0) is 0 Å². The molecule has 2 nitrogen and oxygen atoms in total. The highest BCUT2D eigenvalue weighted by Crippen LogP contribution is 2.31. The molecule has 0 unspecified atom stereocenters. The minimum Gasteiger partial charge on any atom is -0.496 e. The largest absolute Gasteiger partial charge is 0.496 e. The molecular formula is C13H15NO. The lowest BCUT2D eigenvalue weighted by molar-refractivity contribution is 0.419. The molecule has 0 amide bonds. The van der Waals surface area contributed by atoms with Crippen LogP contribution in [0.3, 0.4) is 0 Å². The third-order valence-electron chi connectivity index (χ3n) is 2.62. The van der Waals surface area contributed by atoms with Crippen LogP contribution in [-0.4, -0.2) is 12.1 Å². The van der Waals surface area contributed by atoms with E-state index in [4.69, 9.17) is 4.74 Å². The van der Waals surface area contributed by atoms with Crippen LogP contribution >= 0.6 is 0 Å². The number of benzene rings is 1. The van der Waals surface area contributed by atoms with Gasteiger partial charge in [-0.2, -0.15) is 0 Å². The molecule has 0 fully saturated rings. The molecule has 0 bridgehead atoms. The lowest BCUT2D eigenvalue weighted by atomic mass is 9.98. The van der Waals surface area contributed by atoms with E-state index in [-0.39, 0.29) is 0 Å². The maximum absolute atomic E-state index is 5.39. The number of rotatable bonds is 2. The number of fused-ring (bicyclic) bond motifs is 1. The lowest BCUT2D eigenvalue weighted by Gasteiger charge is -2.12. The molecule has 15 heavy (non-hydrogen) atoms. The Bertz CT molecular complexity index is 472. The average Bonchev–Trinajstić information content (AvgIpc) is 2.27. The first-order valence-electron chi connectivity index (χ1n) is 5.14. The Morgan fingerprint density at radius 1 is 1.20 bits per heavy atom. The molecule has 0 radical (unpaired) electrons. The van der Waals surface area contributed by atoms with E-state index in [0.29, 0.717) is 5.92 Å². The summed E-state index contributed by atoms with van der Waals surface area (Å²) in [6, 6.07) is 6.05. The van der Waals surface area contributed by atoms with Gasteiger partial charge in [0.25, 0.3) is 0 Å². The fraction of sp³-hybridized carbons (Fsp3) is 0.308. The summed E-state index contributed by atoms with van der Waals surface area (Å²) in [5, 5.41) is 2.32. The zero-order valence-electron chi connectivity index (χ0n) is 9.32. The number of hydrogen-bond acceptors (Lipinski definition) is 2. The number of ether oxygens (including phenoxy) is 1. The summed E-state index contributed by atoms with van der Waals surface area (Å²) in [7, 11) is 1.71. The molecule has 0 N–H and O–H groups in total. The van der Waals surface area contributed by atoms with Crippen molar-refractivity contribution >= 4 is 10.8 Å². The van der Waals surface area contributed by atoms with Crippen molar-refractivity contribution in [3.05, 3.63) is 36.2 Å². The van der Waals surface area contributed by atoms with Crippen molar-refractivity contribution in [3.8, 4) is 5.75 Å². The first-order valence-corrected chi connectivity index (χ1v) is 5.14. The predicted octanol–water partition coefficient (Wildman–Crippen LogP) is 3.37. The van der Waals surface area contributed by atoms with Gasteiger partial charge in [-0.15, -0.1) is 0 Å². The molecule has 0 aliphatic heterocycles. The zero-order chi connectivity index (χ0) is 10.8. The van der Waals surface area contributed by atoms with Crippen LogP contribution < -0.4 is 4.74 Å². The Labute approximate surface area is 89.9 Å². The van der Waals surface area contributed by atoms with Gasteiger partial charge in [-0.25, -0.2) is 0 Å². The van der Waals surface area contributed by atoms with Crippen LogP contribution in [0.15, 0.2) is 30.6 Å². The molecule has 1 heterocycles. The summed E-state index contributed by atoms with van der Waals surface area (Å²) >= 11 is 0. The van der Waals surface area contributed by atoms with E-state index in [1.807, 2.05) is 24.5 Å². The highest BCUT2D eigenvalue weighted by Gasteiger charge is 2.09. The summed E-state index contributed by atoms with van der Waals surface area (Å²) in [6.45, 7) is 4.34. The molecule has 0 saturated carbocycles. The smallest absolute Gasteiger partial charge is 0.127 e. The Morgan fingerprint density at radius 2 is 2.00 bits per heavy atom. The van der Waals surface area contributed by atoms with Gasteiger partial charge in [-0.3, -0.25) is 4.98 Å². The van der Waals surface area contributed by atoms with E-state index >= 15 is 0 Å². The third kappa shape index (κ3) is 1.67. The highest BCUT2D eigenvalue weighted by molar-refractivity contribution is 5.90. The summed E-state index contributed by atoms with van der Waals surface area (Å²) in [6.07, 6.45) is 3.80. The molecular weight excluding hydrogens is 186 g/mol. The molecule has 0 aliphatic rings. The zero-order valence-corrected chi connectivity index (χ0v) is 9.32. The molecule has 0 aliphatic carbocycles. The molecule has 2 heteroatoms. The van der Waals surface area contributed by atoms with Crippen molar-refractivity contribution < 1.29 is 4.74 Å².